The molecule has 0 aliphatic heterocycles. The van der Waals surface area contributed by atoms with Crippen LogP contribution in [-0.2, 0) is 4.79 Å². The predicted octanol–water partition coefficient (Wildman–Crippen LogP) is 1.03. The Labute approximate surface area is 80.8 Å². The smallest absolute Gasteiger partial charge is 0.163 e. The molecule has 0 aliphatic carbocycles. The van der Waals surface area contributed by atoms with Gasteiger partial charge in [-0.25, -0.2) is 0 Å². The summed E-state index contributed by atoms with van der Waals surface area (Å²) in [4.78, 5) is 11.1. The van der Waals surface area contributed by atoms with E-state index < -0.39 is 20.8 Å². The average Bonchev–Trinajstić information content (AvgIpc) is 2.00. The molecular formula is C9H20O3Si. The summed E-state index contributed by atoms with van der Waals surface area (Å²) in [5, 5.41) is 17.5. The molecule has 0 aromatic carbocycles. The van der Waals surface area contributed by atoms with Crippen LogP contribution in [-0.4, -0.2) is 36.8 Å². The van der Waals surface area contributed by atoms with Crippen LogP contribution >= 0.6 is 0 Å². The van der Waals surface area contributed by atoms with Gasteiger partial charge in [-0.1, -0.05) is 25.7 Å². The Hall–Kier alpha value is -0.193. The second-order valence-electron chi connectivity index (χ2n) is 4.58. The second-order valence-corrected chi connectivity index (χ2v) is 10.2. The number of carbonyl (C=O) groups is 1. The zero-order valence-corrected chi connectivity index (χ0v) is 9.71. The maximum atomic E-state index is 11.1. The van der Waals surface area contributed by atoms with E-state index in [9.17, 15) is 4.79 Å². The van der Waals surface area contributed by atoms with Gasteiger partial charge in [-0.3, -0.25) is 4.79 Å². The van der Waals surface area contributed by atoms with Crippen molar-refractivity contribution in [1.82, 2.24) is 0 Å². The van der Waals surface area contributed by atoms with E-state index >= 15 is 0 Å². The third-order valence-electron chi connectivity index (χ3n) is 1.89. The Morgan fingerprint density at radius 1 is 1.38 bits per heavy atom. The minimum atomic E-state index is -1.17. The Bertz CT molecular complexity index is 163. The maximum absolute atomic E-state index is 11.1. The van der Waals surface area contributed by atoms with E-state index in [0.29, 0.717) is 6.42 Å². The second kappa shape index (κ2) is 5.52. The molecule has 0 aliphatic rings. The Morgan fingerprint density at radius 3 is 2.31 bits per heavy atom. The molecule has 78 valence electrons. The molecule has 0 aromatic heterocycles. The van der Waals surface area contributed by atoms with Gasteiger partial charge in [-0.05, 0) is 6.42 Å². The van der Waals surface area contributed by atoms with Crippen LogP contribution in [0.2, 0.25) is 25.7 Å². The van der Waals surface area contributed by atoms with Crippen molar-refractivity contribution in [3.63, 3.8) is 0 Å². The lowest BCUT2D eigenvalue weighted by Crippen LogP contribution is -2.25. The highest BCUT2D eigenvalue weighted by molar-refractivity contribution is 6.76. The lowest BCUT2D eigenvalue weighted by Gasteiger charge is -2.15. The first-order valence-corrected chi connectivity index (χ1v) is 8.39. The van der Waals surface area contributed by atoms with Gasteiger partial charge in [0.25, 0.3) is 0 Å². The third-order valence-corrected chi connectivity index (χ3v) is 3.75. The first-order chi connectivity index (χ1) is 5.87. The van der Waals surface area contributed by atoms with Crippen molar-refractivity contribution in [2.24, 2.45) is 0 Å². The predicted molar refractivity (Wildman–Crippen MR) is 55.5 cm³/mol. The molecule has 0 saturated carbocycles. The number of hydrogen-bond donors (Lipinski definition) is 2. The van der Waals surface area contributed by atoms with Crippen LogP contribution in [0.5, 0.6) is 0 Å². The SMILES string of the molecule is C[Si](C)(C)CCCC(=O)C(O)CO. The number of rotatable bonds is 6. The van der Waals surface area contributed by atoms with Crippen molar-refractivity contribution < 1.29 is 15.0 Å². The largest absolute Gasteiger partial charge is 0.393 e. The van der Waals surface area contributed by atoms with Gasteiger partial charge < -0.3 is 10.2 Å². The molecule has 13 heavy (non-hydrogen) atoms. The summed E-state index contributed by atoms with van der Waals surface area (Å²) in [6.07, 6.45) is 0.0686. The fourth-order valence-electron chi connectivity index (χ4n) is 1.06. The van der Waals surface area contributed by atoms with Crippen LogP contribution in [0.1, 0.15) is 12.8 Å². The normalized spacial score (nSPS) is 14.2. The van der Waals surface area contributed by atoms with Crippen LogP contribution in [0.3, 0.4) is 0 Å². The highest BCUT2D eigenvalue weighted by atomic mass is 28.3. The summed E-state index contributed by atoms with van der Waals surface area (Å²) < 4.78 is 0. The molecule has 0 radical (unpaired) electrons. The summed E-state index contributed by atoms with van der Waals surface area (Å²) in [6, 6.07) is 1.09. The minimum Gasteiger partial charge on any atom is -0.393 e. The van der Waals surface area contributed by atoms with Crippen molar-refractivity contribution in [3.8, 4) is 0 Å². The molecule has 0 fully saturated rings. The van der Waals surface area contributed by atoms with Crippen LogP contribution in [0.4, 0.5) is 0 Å². The zero-order chi connectivity index (χ0) is 10.5. The van der Waals surface area contributed by atoms with Crippen molar-refractivity contribution in [2.75, 3.05) is 6.61 Å². The third kappa shape index (κ3) is 6.92. The molecule has 0 amide bonds. The summed E-state index contributed by atoms with van der Waals surface area (Å²) in [7, 11) is -1.07. The van der Waals surface area contributed by atoms with E-state index in [4.69, 9.17) is 10.2 Å². The van der Waals surface area contributed by atoms with Crippen LogP contribution < -0.4 is 0 Å². The number of ketones is 1. The first-order valence-electron chi connectivity index (χ1n) is 4.68. The van der Waals surface area contributed by atoms with Gasteiger partial charge >= 0.3 is 0 Å². The Balaban J connectivity index is 3.60. The van der Waals surface area contributed by atoms with E-state index in [-0.39, 0.29) is 5.78 Å². The molecule has 0 bridgehead atoms. The molecule has 0 saturated heterocycles. The van der Waals surface area contributed by atoms with Gasteiger partial charge in [0.15, 0.2) is 5.78 Å². The monoisotopic (exact) mass is 204 g/mol. The van der Waals surface area contributed by atoms with Crippen molar-refractivity contribution >= 4 is 13.9 Å². The van der Waals surface area contributed by atoms with Crippen molar-refractivity contribution in [3.05, 3.63) is 0 Å². The van der Waals surface area contributed by atoms with Gasteiger partial charge in [-0.2, -0.15) is 0 Å². The van der Waals surface area contributed by atoms with Gasteiger partial charge in [-0.15, -0.1) is 0 Å². The molecular weight excluding hydrogens is 184 g/mol. The van der Waals surface area contributed by atoms with E-state index in [1.807, 2.05) is 0 Å². The van der Waals surface area contributed by atoms with Crippen LogP contribution in [0.15, 0.2) is 0 Å². The van der Waals surface area contributed by atoms with Gasteiger partial charge in [0.2, 0.25) is 0 Å². The number of Topliss-reactive ketones (excluding diaryl/α,β-unsaturated/α-hetero) is 1. The summed E-state index contributed by atoms with van der Waals surface area (Å²) in [6.45, 7) is 6.30. The first kappa shape index (κ1) is 12.8. The molecule has 0 rings (SSSR count). The molecule has 0 aromatic rings. The molecule has 0 spiro atoms. The summed E-state index contributed by atoms with van der Waals surface area (Å²) >= 11 is 0. The van der Waals surface area contributed by atoms with E-state index in [1.54, 1.807) is 0 Å². The molecule has 1 atom stereocenters. The molecule has 4 heteroatoms. The average molecular weight is 204 g/mol. The number of aliphatic hydroxyl groups excluding tert-OH is 2. The highest BCUT2D eigenvalue weighted by Crippen LogP contribution is 2.13. The fraction of sp³-hybridized carbons (Fsp3) is 0.889. The topological polar surface area (TPSA) is 57.5 Å². The van der Waals surface area contributed by atoms with Gasteiger partial charge in [0.05, 0.1) is 6.61 Å². The minimum absolute atomic E-state index is 0.235. The number of aliphatic hydroxyl groups is 2. The zero-order valence-electron chi connectivity index (χ0n) is 8.71. The molecule has 1 unspecified atom stereocenters. The Kier molecular flexibility index (Phi) is 5.44. The molecule has 0 heterocycles. The van der Waals surface area contributed by atoms with Crippen LogP contribution in [0.25, 0.3) is 0 Å². The highest BCUT2D eigenvalue weighted by Gasteiger charge is 2.16. The number of hydrogen-bond acceptors (Lipinski definition) is 3. The Morgan fingerprint density at radius 2 is 1.92 bits per heavy atom. The molecule has 2 N–H and O–H groups in total. The lowest BCUT2D eigenvalue weighted by atomic mass is 10.1. The van der Waals surface area contributed by atoms with E-state index in [0.717, 1.165) is 12.5 Å². The van der Waals surface area contributed by atoms with Crippen molar-refractivity contribution in [1.29, 1.82) is 0 Å². The number of carbonyl (C=O) groups excluding carboxylic acids is 1. The van der Waals surface area contributed by atoms with E-state index in [2.05, 4.69) is 19.6 Å². The standard InChI is InChI=1S/C9H20O3Si/c1-13(2,3)6-4-5-8(11)9(12)7-10/h9-10,12H,4-7H2,1-3H3. The summed E-state index contributed by atoms with van der Waals surface area (Å²) in [5.41, 5.74) is 0. The van der Waals surface area contributed by atoms with Crippen molar-refractivity contribution in [2.45, 2.75) is 44.6 Å². The van der Waals surface area contributed by atoms with Crippen LogP contribution in [0, 0.1) is 0 Å². The quantitative estimate of drug-likeness (QED) is 0.635. The summed E-state index contributed by atoms with van der Waals surface area (Å²) in [5.74, 6) is -0.235. The lowest BCUT2D eigenvalue weighted by molar-refractivity contribution is -0.128. The van der Waals surface area contributed by atoms with Gasteiger partial charge in [0, 0.05) is 14.5 Å². The fourth-order valence-corrected chi connectivity index (χ4v) is 2.30. The van der Waals surface area contributed by atoms with E-state index in [1.165, 1.54) is 0 Å². The van der Waals surface area contributed by atoms with Gasteiger partial charge in [0.1, 0.15) is 6.10 Å². The molecule has 3 nitrogen and oxygen atoms in total. The maximum Gasteiger partial charge on any atom is 0.163 e.